The number of hydrogen-bond donors (Lipinski definition) is 0. The van der Waals surface area contributed by atoms with Crippen molar-refractivity contribution in [2.45, 2.75) is 32.7 Å². The topological polar surface area (TPSA) is 48.3 Å². The second kappa shape index (κ2) is 9.65. The Kier molecular flexibility index (Phi) is 6.50. The number of hydrogen-bond acceptors (Lipinski definition) is 3. The van der Waals surface area contributed by atoms with E-state index in [2.05, 4.69) is 23.6 Å². The van der Waals surface area contributed by atoms with E-state index in [0.29, 0.717) is 12.1 Å². The van der Waals surface area contributed by atoms with Crippen molar-refractivity contribution in [1.82, 2.24) is 4.57 Å². The molecule has 0 spiro atoms. The van der Waals surface area contributed by atoms with Crippen LogP contribution in [-0.2, 0) is 17.7 Å². The first-order valence-corrected chi connectivity index (χ1v) is 11.0. The first kappa shape index (κ1) is 21.6. The van der Waals surface area contributed by atoms with Crippen LogP contribution in [0.5, 0.6) is 0 Å². The Hall–Kier alpha value is -3.66. The number of aromatic nitrogens is 1. The van der Waals surface area contributed by atoms with Gasteiger partial charge >= 0.3 is 5.97 Å². The summed E-state index contributed by atoms with van der Waals surface area (Å²) in [6, 6.07) is 25.3. The van der Waals surface area contributed by atoms with E-state index < -0.39 is 0 Å². The van der Waals surface area contributed by atoms with Crippen LogP contribution in [0.2, 0.25) is 0 Å². The van der Waals surface area contributed by atoms with E-state index in [1.54, 1.807) is 12.1 Å². The van der Waals surface area contributed by atoms with Crippen molar-refractivity contribution in [3.8, 4) is 11.1 Å². The summed E-state index contributed by atoms with van der Waals surface area (Å²) in [6.07, 6.45) is 3.00. The largest absolute Gasteiger partial charge is 0.465 e. The summed E-state index contributed by atoms with van der Waals surface area (Å²) in [5, 5.41) is 0.747. The minimum absolute atomic E-state index is 0.0812. The molecule has 1 heterocycles. The highest BCUT2D eigenvalue weighted by Gasteiger charge is 2.13. The minimum Gasteiger partial charge on any atom is -0.465 e. The number of fused-ring (bicyclic) bond motifs is 1. The fraction of sp³-hybridized carbons (Fsp3) is 0.214. The molecule has 4 aromatic rings. The van der Waals surface area contributed by atoms with Crippen LogP contribution in [0.4, 0.5) is 0 Å². The van der Waals surface area contributed by atoms with Crippen molar-refractivity contribution in [3.05, 3.63) is 106 Å². The lowest BCUT2D eigenvalue weighted by atomic mass is 9.98. The van der Waals surface area contributed by atoms with Gasteiger partial charge in [0.15, 0.2) is 5.43 Å². The lowest BCUT2D eigenvalue weighted by Crippen LogP contribution is -2.15. The molecular weight excluding hydrogens is 398 g/mol. The van der Waals surface area contributed by atoms with Gasteiger partial charge in [-0.15, -0.1) is 0 Å². The Morgan fingerprint density at radius 3 is 2.41 bits per heavy atom. The molecule has 32 heavy (non-hydrogen) atoms. The standard InChI is InChI=1S/C28H27NO3/c1-3-4-9-22-18-27(30)25-12-7-8-13-26(25)29(22)19-20-14-16-21(17-15-20)23-10-5-6-11-24(23)28(31)32-2/h5-8,10-18H,3-4,9,19H2,1-2H3. The highest BCUT2D eigenvalue weighted by molar-refractivity contribution is 5.97. The molecule has 0 saturated carbocycles. The molecule has 4 rings (SSSR count). The molecule has 0 fully saturated rings. The van der Waals surface area contributed by atoms with E-state index in [1.807, 2.05) is 54.6 Å². The molecular formula is C28H27NO3. The minimum atomic E-state index is -0.343. The summed E-state index contributed by atoms with van der Waals surface area (Å²) in [4.78, 5) is 24.8. The average molecular weight is 426 g/mol. The molecule has 0 atom stereocenters. The number of ether oxygens (including phenoxy) is 1. The van der Waals surface area contributed by atoms with Gasteiger partial charge in [-0.1, -0.05) is 67.9 Å². The monoisotopic (exact) mass is 425 g/mol. The second-order valence-electron chi connectivity index (χ2n) is 7.94. The molecule has 0 unspecified atom stereocenters. The quantitative estimate of drug-likeness (QED) is 0.349. The van der Waals surface area contributed by atoms with Crippen molar-refractivity contribution in [2.24, 2.45) is 0 Å². The van der Waals surface area contributed by atoms with Gasteiger partial charge in [-0.25, -0.2) is 4.79 Å². The number of carbonyl (C=O) groups is 1. The predicted octanol–water partition coefficient (Wildman–Crippen LogP) is 5.85. The number of carbonyl (C=O) groups excluding carboxylic acids is 1. The van der Waals surface area contributed by atoms with Gasteiger partial charge in [0.25, 0.3) is 0 Å². The molecule has 1 aromatic heterocycles. The predicted molar refractivity (Wildman–Crippen MR) is 129 cm³/mol. The van der Waals surface area contributed by atoms with Gasteiger partial charge in [-0.05, 0) is 47.7 Å². The maximum Gasteiger partial charge on any atom is 0.338 e. The normalized spacial score (nSPS) is 10.9. The zero-order valence-electron chi connectivity index (χ0n) is 18.5. The second-order valence-corrected chi connectivity index (χ2v) is 7.94. The van der Waals surface area contributed by atoms with Crippen molar-refractivity contribution >= 4 is 16.9 Å². The summed E-state index contributed by atoms with van der Waals surface area (Å²) < 4.78 is 7.18. The van der Waals surface area contributed by atoms with E-state index in [4.69, 9.17) is 4.74 Å². The highest BCUT2D eigenvalue weighted by Crippen LogP contribution is 2.25. The number of para-hydroxylation sites is 1. The maximum absolute atomic E-state index is 12.6. The first-order chi connectivity index (χ1) is 15.6. The summed E-state index contributed by atoms with van der Waals surface area (Å²) in [5.74, 6) is -0.343. The van der Waals surface area contributed by atoms with Crippen molar-refractivity contribution in [2.75, 3.05) is 7.11 Å². The Bertz CT molecular complexity index is 1300. The number of nitrogens with zero attached hydrogens (tertiary/aromatic N) is 1. The van der Waals surface area contributed by atoms with Crippen LogP contribution in [0.15, 0.2) is 83.7 Å². The number of pyridine rings is 1. The van der Waals surface area contributed by atoms with Crippen LogP contribution in [0.1, 0.15) is 41.4 Å². The van der Waals surface area contributed by atoms with E-state index in [1.165, 1.54) is 7.11 Å². The summed E-state index contributed by atoms with van der Waals surface area (Å²) >= 11 is 0. The van der Waals surface area contributed by atoms with Crippen LogP contribution >= 0.6 is 0 Å². The third-order valence-corrected chi connectivity index (χ3v) is 5.83. The fourth-order valence-corrected chi connectivity index (χ4v) is 4.13. The number of methoxy groups -OCH3 is 1. The molecule has 4 heteroatoms. The summed E-state index contributed by atoms with van der Waals surface area (Å²) in [5.41, 5.74) is 5.61. The summed E-state index contributed by atoms with van der Waals surface area (Å²) in [7, 11) is 1.40. The molecule has 0 amide bonds. The molecule has 4 nitrogen and oxygen atoms in total. The molecule has 3 aromatic carbocycles. The van der Waals surface area contributed by atoms with Crippen molar-refractivity contribution in [3.63, 3.8) is 0 Å². The highest BCUT2D eigenvalue weighted by atomic mass is 16.5. The number of esters is 1. The van der Waals surface area contributed by atoms with Crippen LogP contribution in [0, 0.1) is 0 Å². The molecule has 0 aliphatic rings. The molecule has 0 bridgehead atoms. The van der Waals surface area contributed by atoms with Gasteiger partial charge in [-0.3, -0.25) is 4.79 Å². The van der Waals surface area contributed by atoms with E-state index >= 15 is 0 Å². The van der Waals surface area contributed by atoms with Gasteiger partial charge in [0.1, 0.15) is 0 Å². The van der Waals surface area contributed by atoms with Gasteiger partial charge in [0.2, 0.25) is 0 Å². The third kappa shape index (κ3) is 4.35. The number of rotatable bonds is 7. The third-order valence-electron chi connectivity index (χ3n) is 5.83. The average Bonchev–Trinajstić information content (AvgIpc) is 2.84. The van der Waals surface area contributed by atoms with Gasteiger partial charge < -0.3 is 9.30 Å². The Balaban J connectivity index is 1.71. The summed E-state index contributed by atoms with van der Waals surface area (Å²) in [6.45, 7) is 2.84. The van der Waals surface area contributed by atoms with Crippen LogP contribution < -0.4 is 5.43 Å². The van der Waals surface area contributed by atoms with E-state index in [0.717, 1.165) is 52.5 Å². The van der Waals surface area contributed by atoms with Gasteiger partial charge in [0, 0.05) is 23.7 Å². The van der Waals surface area contributed by atoms with Crippen molar-refractivity contribution < 1.29 is 9.53 Å². The lowest BCUT2D eigenvalue weighted by molar-refractivity contribution is 0.0601. The Morgan fingerprint density at radius 1 is 0.938 bits per heavy atom. The zero-order chi connectivity index (χ0) is 22.5. The van der Waals surface area contributed by atoms with Crippen LogP contribution in [0.3, 0.4) is 0 Å². The zero-order valence-corrected chi connectivity index (χ0v) is 18.5. The van der Waals surface area contributed by atoms with E-state index in [9.17, 15) is 9.59 Å². The SMILES string of the molecule is CCCCc1cc(=O)c2ccccc2n1Cc1ccc(-c2ccccc2C(=O)OC)cc1. The molecule has 0 N–H and O–H groups in total. The Morgan fingerprint density at radius 2 is 1.66 bits per heavy atom. The lowest BCUT2D eigenvalue weighted by Gasteiger charge is -2.17. The van der Waals surface area contributed by atoms with Crippen LogP contribution in [0.25, 0.3) is 22.0 Å². The molecule has 162 valence electrons. The van der Waals surface area contributed by atoms with E-state index in [-0.39, 0.29) is 11.4 Å². The fourth-order valence-electron chi connectivity index (χ4n) is 4.13. The number of benzene rings is 3. The maximum atomic E-state index is 12.6. The Labute approximate surface area is 188 Å². The number of unbranched alkanes of at least 4 members (excludes halogenated alkanes) is 1. The van der Waals surface area contributed by atoms with Gasteiger partial charge in [-0.2, -0.15) is 0 Å². The van der Waals surface area contributed by atoms with Crippen molar-refractivity contribution in [1.29, 1.82) is 0 Å². The smallest absolute Gasteiger partial charge is 0.338 e. The first-order valence-electron chi connectivity index (χ1n) is 11.0. The van der Waals surface area contributed by atoms with Crippen LogP contribution in [-0.4, -0.2) is 17.6 Å². The molecule has 0 aliphatic carbocycles. The molecule has 0 aliphatic heterocycles. The number of aryl methyl sites for hydroxylation is 1. The molecule has 0 radical (unpaired) electrons. The molecule has 0 saturated heterocycles. The van der Waals surface area contributed by atoms with Gasteiger partial charge in [0.05, 0.1) is 18.2 Å².